The minimum absolute atomic E-state index is 0.245. The number of hydrogen-bond donors (Lipinski definition) is 2. The van der Waals surface area contributed by atoms with Crippen LogP contribution in [0.4, 0.5) is 4.79 Å². The summed E-state index contributed by atoms with van der Waals surface area (Å²) >= 11 is 0. The van der Waals surface area contributed by atoms with Gasteiger partial charge in [0.2, 0.25) is 0 Å². The van der Waals surface area contributed by atoms with Crippen molar-refractivity contribution in [2.75, 3.05) is 26.8 Å². The first kappa shape index (κ1) is 14.2. The fourth-order valence-electron chi connectivity index (χ4n) is 1.74. The topological polar surface area (TPSA) is 105 Å². The normalized spacial score (nSPS) is 19.2. The summed E-state index contributed by atoms with van der Waals surface area (Å²) in [6.07, 6.45) is 1.36. The smallest absolute Gasteiger partial charge is 0.341 e. The number of amides is 2. The van der Waals surface area contributed by atoms with E-state index >= 15 is 0 Å². The molecule has 0 bridgehead atoms. The second-order valence-electron chi connectivity index (χ2n) is 3.90. The first-order valence-corrected chi connectivity index (χ1v) is 5.51. The van der Waals surface area contributed by atoms with Crippen LogP contribution in [0.1, 0.15) is 12.8 Å². The van der Waals surface area contributed by atoms with Gasteiger partial charge in [0.25, 0.3) is 0 Å². The molecule has 0 aromatic heterocycles. The molecular weight excluding hydrogens is 244 g/mol. The van der Waals surface area contributed by atoms with Crippen molar-refractivity contribution in [2.24, 2.45) is 5.92 Å². The molecule has 1 fully saturated rings. The predicted octanol–water partition coefficient (Wildman–Crippen LogP) is -0.403. The van der Waals surface area contributed by atoms with E-state index in [1.165, 1.54) is 12.0 Å². The summed E-state index contributed by atoms with van der Waals surface area (Å²) < 4.78 is 4.62. The maximum atomic E-state index is 11.6. The number of hydroxylamine groups is 1. The number of ether oxygens (including phenoxy) is 1. The lowest BCUT2D eigenvalue weighted by atomic mass is 9.99. The summed E-state index contributed by atoms with van der Waals surface area (Å²) in [5.74, 6) is -1.87. The Morgan fingerprint density at radius 3 is 2.78 bits per heavy atom. The zero-order valence-electron chi connectivity index (χ0n) is 10.0. The van der Waals surface area contributed by atoms with Crippen LogP contribution < -0.4 is 5.48 Å². The zero-order chi connectivity index (χ0) is 13.5. The highest BCUT2D eigenvalue weighted by molar-refractivity contribution is 5.76. The third-order valence-corrected chi connectivity index (χ3v) is 2.60. The third-order valence-electron chi connectivity index (χ3n) is 2.60. The molecule has 102 valence electrons. The number of rotatable bonds is 4. The van der Waals surface area contributed by atoms with Crippen molar-refractivity contribution in [3.63, 3.8) is 0 Å². The van der Waals surface area contributed by atoms with Gasteiger partial charge >= 0.3 is 18.0 Å². The molecule has 18 heavy (non-hydrogen) atoms. The van der Waals surface area contributed by atoms with E-state index in [1.54, 1.807) is 0 Å². The van der Waals surface area contributed by atoms with Crippen LogP contribution in [0.2, 0.25) is 0 Å². The van der Waals surface area contributed by atoms with Gasteiger partial charge in [-0.1, -0.05) is 0 Å². The van der Waals surface area contributed by atoms with Crippen LogP contribution in [0, 0.1) is 5.92 Å². The van der Waals surface area contributed by atoms with Gasteiger partial charge in [0.1, 0.15) is 0 Å². The van der Waals surface area contributed by atoms with Crippen LogP contribution in [0.25, 0.3) is 0 Å². The third kappa shape index (κ3) is 4.21. The second kappa shape index (κ2) is 6.80. The van der Waals surface area contributed by atoms with Crippen molar-refractivity contribution in [3.05, 3.63) is 0 Å². The fraction of sp³-hybridized carbons (Fsp3) is 0.700. The first-order valence-electron chi connectivity index (χ1n) is 5.51. The summed E-state index contributed by atoms with van der Waals surface area (Å²) in [7, 11) is 1.30. The van der Waals surface area contributed by atoms with Gasteiger partial charge < -0.3 is 14.7 Å². The van der Waals surface area contributed by atoms with Crippen LogP contribution in [-0.2, 0) is 19.2 Å². The van der Waals surface area contributed by atoms with E-state index in [4.69, 9.17) is 5.11 Å². The van der Waals surface area contributed by atoms with E-state index in [1.807, 2.05) is 5.48 Å². The van der Waals surface area contributed by atoms with Gasteiger partial charge in [0, 0.05) is 13.1 Å². The van der Waals surface area contributed by atoms with Crippen LogP contribution in [0.3, 0.4) is 0 Å². The number of esters is 1. The molecule has 1 atom stereocenters. The first-order chi connectivity index (χ1) is 8.54. The molecule has 2 N–H and O–H groups in total. The summed E-state index contributed by atoms with van der Waals surface area (Å²) in [5, 5.41) is 8.33. The number of piperidine rings is 1. The lowest BCUT2D eigenvalue weighted by molar-refractivity contribution is -0.146. The number of urea groups is 1. The van der Waals surface area contributed by atoms with E-state index in [2.05, 4.69) is 9.57 Å². The van der Waals surface area contributed by atoms with Crippen LogP contribution >= 0.6 is 0 Å². The number of carbonyl (C=O) groups is 3. The Hall–Kier alpha value is -1.83. The highest BCUT2D eigenvalue weighted by atomic mass is 16.7. The van der Waals surface area contributed by atoms with Crippen molar-refractivity contribution < 1.29 is 29.1 Å². The average Bonchev–Trinajstić information content (AvgIpc) is 2.37. The summed E-state index contributed by atoms with van der Waals surface area (Å²) in [5.41, 5.74) is 2.02. The molecule has 1 heterocycles. The van der Waals surface area contributed by atoms with E-state index in [0.717, 1.165) is 0 Å². The van der Waals surface area contributed by atoms with E-state index < -0.39 is 18.6 Å². The minimum atomic E-state index is -1.18. The Labute approximate surface area is 104 Å². The number of hydrogen-bond acceptors (Lipinski definition) is 5. The largest absolute Gasteiger partial charge is 0.479 e. The van der Waals surface area contributed by atoms with Gasteiger partial charge in [-0.25, -0.2) is 15.1 Å². The molecule has 0 saturated carbocycles. The number of methoxy groups -OCH3 is 1. The number of carboxylic acids is 1. The molecule has 0 aromatic carbocycles. The Bertz CT molecular complexity index is 332. The molecule has 1 aliphatic rings. The molecule has 2 amide bonds. The fourth-order valence-corrected chi connectivity index (χ4v) is 1.74. The van der Waals surface area contributed by atoms with Crippen molar-refractivity contribution in [1.82, 2.24) is 10.4 Å². The molecule has 0 aliphatic carbocycles. The maximum absolute atomic E-state index is 11.6. The Balaban J connectivity index is 2.38. The summed E-state index contributed by atoms with van der Waals surface area (Å²) in [6.45, 7) is 0.130. The molecule has 0 aromatic rings. The Kier molecular flexibility index (Phi) is 5.37. The number of carboxylic acid groups (broad SMARTS) is 1. The number of aliphatic carboxylic acids is 1. The zero-order valence-corrected chi connectivity index (χ0v) is 10.0. The highest BCUT2D eigenvalue weighted by Crippen LogP contribution is 2.17. The maximum Gasteiger partial charge on any atom is 0.341 e. The van der Waals surface area contributed by atoms with E-state index in [-0.39, 0.29) is 18.4 Å². The van der Waals surface area contributed by atoms with Crippen molar-refractivity contribution in [1.29, 1.82) is 0 Å². The molecule has 1 unspecified atom stereocenters. The van der Waals surface area contributed by atoms with Gasteiger partial charge in [-0.3, -0.25) is 9.63 Å². The van der Waals surface area contributed by atoms with Gasteiger partial charge in [-0.15, -0.1) is 0 Å². The second-order valence-corrected chi connectivity index (χ2v) is 3.90. The van der Waals surface area contributed by atoms with Gasteiger partial charge in [-0.2, -0.15) is 0 Å². The quantitative estimate of drug-likeness (QED) is 0.526. The SMILES string of the molecule is COC(=O)C1CCCN(C(=O)NOCC(=O)O)C1. The number of carbonyl (C=O) groups excluding carboxylic acids is 2. The molecule has 8 nitrogen and oxygen atoms in total. The molecule has 1 aliphatic heterocycles. The van der Waals surface area contributed by atoms with Gasteiger partial charge in [0.15, 0.2) is 6.61 Å². The molecule has 1 rings (SSSR count). The Morgan fingerprint density at radius 1 is 1.44 bits per heavy atom. The monoisotopic (exact) mass is 260 g/mol. The van der Waals surface area contributed by atoms with Crippen molar-refractivity contribution >= 4 is 18.0 Å². The number of nitrogens with zero attached hydrogens (tertiary/aromatic N) is 1. The van der Waals surface area contributed by atoms with Crippen LogP contribution in [0.5, 0.6) is 0 Å². The highest BCUT2D eigenvalue weighted by Gasteiger charge is 2.29. The lowest BCUT2D eigenvalue weighted by Gasteiger charge is -2.30. The predicted molar refractivity (Wildman–Crippen MR) is 58.4 cm³/mol. The molecule has 8 heteroatoms. The average molecular weight is 260 g/mol. The molecule has 0 radical (unpaired) electrons. The standard InChI is InChI=1S/C10H16N2O6/c1-17-9(15)7-3-2-4-12(5-7)10(16)11-18-6-8(13)14/h7H,2-6H2,1H3,(H,11,16)(H,13,14). The molecular formula is C10H16N2O6. The van der Waals surface area contributed by atoms with Crippen molar-refractivity contribution in [3.8, 4) is 0 Å². The van der Waals surface area contributed by atoms with E-state index in [9.17, 15) is 14.4 Å². The number of nitrogens with one attached hydrogen (secondary N) is 1. The van der Waals surface area contributed by atoms with Crippen molar-refractivity contribution in [2.45, 2.75) is 12.8 Å². The lowest BCUT2D eigenvalue weighted by Crippen LogP contribution is -2.47. The molecule has 1 saturated heterocycles. The minimum Gasteiger partial charge on any atom is -0.479 e. The summed E-state index contributed by atoms with van der Waals surface area (Å²) in [4.78, 5) is 39.0. The van der Waals surface area contributed by atoms with E-state index in [0.29, 0.717) is 19.4 Å². The van der Waals surface area contributed by atoms with Gasteiger partial charge in [0.05, 0.1) is 13.0 Å². The molecule has 0 spiro atoms. The Morgan fingerprint density at radius 2 is 2.17 bits per heavy atom. The summed E-state index contributed by atoms with van der Waals surface area (Å²) in [6, 6.07) is -0.551. The van der Waals surface area contributed by atoms with Gasteiger partial charge in [-0.05, 0) is 12.8 Å². The van der Waals surface area contributed by atoms with Crippen LogP contribution in [-0.4, -0.2) is 54.8 Å². The van der Waals surface area contributed by atoms with Crippen LogP contribution in [0.15, 0.2) is 0 Å². The number of likely N-dealkylation sites (tertiary alicyclic amines) is 1.